The van der Waals surface area contributed by atoms with Crippen molar-refractivity contribution in [2.24, 2.45) is 11.3 Å². The largest absolute Gasteiger partial charge is 0.486 e. The molecule has 0 aliphatic carbocycles. The van der Waals surface area contributed by atoms with Gasteiger partial charge >= 0.3 is 0 Å². The van der Waals surface area contributed by atoms with Crippen molar-refractivity contribution in [3.05, 3.63) is 66.2 Å². The maximum Gasteiger partial charge on any atom is 0.243 e. The van der Waals surface area contributed by atoms with Crippen LogP contribution in [0.2, 0.25) is 0 Å². The van der Waals surface area contributed by atoms with Crippen molar-refractivity contribution < 1.29 is 28.6 Å². The SMILES string of the molecule is O=C(CN1CC[C@@H]2NC(=O)[C@H](Cc3ccccc3)NC(=O)C3(C/C=C/C[C@H]2C1)CCOCC3)Nc1ccc2c(c1)OCCO2. The second-order valence-corrected chi connectivity index (χ2v) is 12.3. The molecule has 0 aromatic heterocycles. The van der Waals surface area contributed by atoms with E-state index in [-0.39, 0.29) is 36.2 Å². The molecule has 234 valence electrons. The number of ether oxygens (including phenoxy) is 3. The summed E-state index contributed by atoms with van der Waals surface area (Å²) in [6.45, 7) is 3.68. The first-order valence-electron chi connectivity index (χ1n) is 15.8. The van der Waals surface area contributed by atoms with E-state index in [1.165, 1.54) is 0 Å². The van der Waals surface area contributed by atoms with E-state index in [0.717, 1.165) is 18.4 Å². The van der Waals surface area contributed by atoms with Crippen LogP contribution in [0.3, 0.4) is 0 Å². The molecule has 2 aromatic rings. The number of amides is 3. The first-order valence-corrected chi connectivity index (χ1v) is 15.8. The van der Waals surface area contributed by atoms with E-state index < -0.39 is 11.5 Å². The predicted molar refractivity (Wildman–Crippen MR) is 165 cm³/mol. The molecule has 3 atom stereocenters. The minimum Gasteiger partial charge on any atom is -0.486 e. The van der Waals surface area contributed by atoms with Gasteiger partial charge in [0, 0.05) is 50.5 Å². The number of carbonyl (C=O) groups is 3. The zero-order valence-electron chi connectivity index (χ0n) is 25.1. The fraction of sp³-hybridized carbons (Fsp3) is 0.500. The standard InChI is InChI=1S/C34H42N4O6/c39-31(35-26-9-10-29-30(21-26)44-19-18-43-29)23-38-15-11-27-25(22-38)8-4-5-12-34(13-16-42-17-14-34)33(41)37-28(32(40)36-27)20-24-6-2-1-3-7-24/h1-7,9-10,21,25,27-28H,8,11-20,22-23H2,(H,35,39)(H,36,40)(H,37,41)/b5-4+/t25-,27-,28-/m0/s1. The van der Waals surface area contributed by atoms with Crippen LogP contribution >= 0.6 is 0 Å². The highest BCUT2D eigenvalue weighted by molar-refractivity contribution is 5.93. The van der Waals surface area contributed by atoms with E-state index in [1.54, 1.807) is 6.07 Å². The third-order valence-electron chi connectivity index (χ3n) is 9.29. The lowest BCUT2D eigenvalue weighted by Crippen LogP contribution is -2.58. The Kier molecular flexibility index (Phi) is 9.47. The Morgan fingerprint density at radius 1 is 0.955 bits per heavy atom. The second kappa shape index (κ2) is 13.8. The quantitative estimate of drug-likeness (QED) is 0.451. The maximum absolute atomic E-state index is 13.8. The lowest BCUT2D eigenvalue weighted by Gasteiger charge is -2.40. The number of hydrogen-bond donors (Lipinski definition) is 3. The molecule has 10 heteroatoms. The van der Waals surface area contributed by atoms with Gasteiger partial charge in [-0.3, -0.25) is 19.3 Å². The van der Waals surface area contributed by atoms with Crippen molar-refractivity contribution in [1.82, 2.24) is 15.5 Å². The molecule has 2 fully saturated rings. The number of likely N-dealkylation sites (tertiary alicyclic amines) is 1. The molecule has 6 rings (SSSR count). The second-order valence-electron chi connectivity index (χ2n) is 12.3. The number of hydrogen-bond acceptors (Lipinski definition) is 7. The van der Waals surface area contributed by atoms with Gasteiger partial charge in [0.15, 0.2) is 11.5 Å². The van der Waals surface area contributed by atoms with Crippen LogP contribution in [0.4, 0.5) is 5.69 Å². The normalized spacial score (nSPS) is 26.2. The van der Waals surface area contributed by atoms with Crippen LogP contribution in [0.5, 0.6) is 11.5 Å². The van der Waals surface area contributed by atoms with E-state index in [4.69, 9.17) is 14.2 Å². The summed E-state index contributed by atoms with van der Waals surface area (Å²) in [6.07, 6.45) is 8.03. The molecule has 0 saturated carbocycles. The molecule has 0 unspecified atom stereocenters. The average molecular weight is 603 g/mol. The van der Waals surface area contributed by atoms with Gasteiger partial charge in [0.1, 0.15) is 19.3 Å². The summed E-state index contributed by atoms with van der Waals surface area (Å²) in [5.74, 6) is 1.12. The summed E-state index contributed by atoms with van der Waals surface area (Å²) >= 11 is 0. The first kappa shape index (κ1) is 30.1. The third kappa shape index (κ3) is 7.25. The Balaban J connectivity index is 1.15. The minimum atomic E-state index is -0.677. The molecule has 4 aliphatic heterocycles. The zero-order valence-corrected chi connectivity index (χ0v) is 25.1. The van der Waals surface area contributed by atoms with Crippen LogP contribution in [0, 0.1) is 11.3 Å². The number of piperidine rings is 1. The Morgan fingerprint density at radius 3 is 2.57 bits per heavy atom. The average Bonchev–Trinajstić information content (AvgIpc) is 3.04. The molecule has 3 N–H and O–H groups in total. The number of allylic oxidation sites excluding steroid dienone is 2. The Morgan fingerprint density at radius 2 is 1.75 bits per heavy atom. The van der Waals surface area contributed by atoms with E-state index in [0.29, 0.717) is 82.4 Å². The fourth-order valence-corrected chi connectivity index (χ4v) is 6.72. The van der Waals surface area contributed by atoms with Gasteiger partial charge in [0.05, 0.1) is 12.0 Å². The Hall–Kier alpha value is -3.89. The van der Waals surface area contributed by atoms with Crippen LogP contribution in [0.1, 0.15) is 37.7 Å². The number of fused-ring (bicyclic) bond motifs is 2. The molecule has 4 aliphatic rings. The summed E-state index contributed by atoms with van der Waals surface area (Å²) in [5.41, 5.74) is 1.08. The van der Waals surface area contributed by atoms with Crippen molar-refractivity contribution in [3.8, 4) is 11.5 Å². The summed E-state index contributed by atoms with van der Waals surface area (Å²) in [6, 6.07) is 14.5. The predicted octanol–water partition coefficient (Wildman–Crippen LogP) is 3.08. The molecule has 0 bridgehead atoms. The maximum atomic E-state index is 13.8. The molecule has 1 spiro atoms. The topological polar surface area (TPSA) is 118 Å². The summed E-state index contributed by atoms with van der Waals surface area (Å²) in [7, 11) is 0. The molecule has 44 heavy (non-hydrogen) atoms. The smallest absolute Gasteiger partial charge is 0.243 e. The van der Waals surface area contributed by atoms with Gasteiger partial charge in [-0.15, -0.1) is 0 Å². The molecule has 0 radical (unpaired) electrons. The highest BCUT2D eigenvalue weighted by Gasteiger charge is 2.41. The number of nitrogens with zero attached hydrogens (tertiary/aromatic N) is 1. The Labute approximate surface area is 258 Å². The molecule has 2 saturated heterocycles. The first-order chi connectivity index (χ1) is 21.5. The Bertz CT molecular complexity index is 1360. The molecule has 3 amide bonds. The number of carbonyl (C=O) groups excluding carboxylic acids is 3. The summed E-state index contributed by atoms with van der Waals surface area (Å²) in [5, 5.41) is 9.43. The lowest BCUT2D eigenvalue weighted by atomic mass is 9.75. The molecule has 2 aromatic carbocycles. The highest BCUT2D eigenvalue weighted by atomic mass is 16.6. The van der Waals surface area contributed by atoms with Crippen molar-refractivity contribution in [2.45, 2.75) is 50.6 Å². The van der Waals surface area contributed by atoms with Crippen LogP contribution in [-0.2, 0) is 25.5 Å². The van der Waals surface area contributed by atoms with E-state index in [9.17, 15) is 14.4 Å². The van der Waals surface area contributed by atoms with Gasteiger partial charge in [0.2, 0.25) is 17.7 Å². The van der Waals surface area contributed by atoms with Gasteiger partial charge in [0.25, 0.3) is 0 Å². The van der Waals surface area contributed by atoms with E-state index in [2.05, 4.69) is 33.0 Å². The van der Waals surface area contributed by atoms with Crippen LogP contribution in [0.25, 0.3) is 0 Å². The van der Waals surface area contributed by atoms with Gasteiger partial charge in [-0.05, 0) is 55.7 Å². The third-order valence-corrected chi connectivity index (χ3v) is 9.29. The highest BCUT2D eigenvalue weighted by Crippen LogP contribution is 2.36. The number of benzene rings is 2. The van der Waals surface area contributed by atoms with Crippen molar-refractivity contribution in [1.29, 1.82) is 0 Å². The minimum absolute atomic E-state index is 0.0594. The van der Waals surface area contributed by atoms with Gasteiger partial charge in [-0.25, -0.2) is 0 Å². The van der Waals surface area contributed by atoms with E-state index >= 15 is 0 Å². The van der Waals surface area contributed by atoms with Crippen molar-refractivity contribution in [3.63, 3.8) is 0 Å². The van der Waals surface area contributed by atoms with E-state index in [1.807, 2.05) is 42.5 Å². The lowest BCUT2D eigenvalue weighted by molar-refractivity contribution is -0.140. The number of nitrogens with one attached hydrogen (secondary N) is 3. The summed E-state index contributed by atoms with van der Waals surface area (Å²) in [4.78, 5) is 42.7. The molecule has 10 nitrogen and oxygen atoms in total. The number of anilines is 1. The van der Waals surface area contributed by atoms with Gasteiger partial charge < -0.3 is 30.2 Å². The van der Waals surface area contributed by atoms with Gasteiger partial charge in [-0.2, -0.15) is 0 Å². The summed E-state index contributed by atoms with van der Waals surface area (Å²) < 4.78 is 16.8. The molecular formula is C34H42N4O6. The van der Waals surface area contributed by atoms with Crippen LogP contribution < -0.4 is 25.4 Å². The van der Waals surface area contributed by atoms with Crippen molar-refractivity contribution in [2.75, 3.05) is 51.4 Å². The zero-order chi connectivity index (χ0) is 30.4. The van der Waals surface area contributed by atoms with Gasteiger partial charge in [-0.1, -0.05) is 42.5 Å². The molecular weight excluding hydrogens is 560 g/mol. The van der Waals surface area contributed by atoms with Crippen LogP contribution in [0.15, 0.2) is 60.7 Å². The molecule has 4 heterocycles. The fourth-order valence-electron chi connectivity index (χ4n) is 6.72. The van der Waals surface area contributed by atoms with Crippen LogP contribution in [-0.4, -0.2) is 80.8 Å². The monoisotopic (exact) mass is 602 g/mol. The van der Waals surface area contributed by atoms with Crippen molar-refractivity contribution >= 4 is 23.4 Å². The number of rotatable bonds is 5.